The van der Waals surface area contributed by atoms with Crippen LogP contribution in [0.4, 0.5) is 5.69 Å². The zero-order valence-corrected chi connectivity index (χ0v) is 11.6. The van der Waals surface area contributed by atoms with Crippen LogP contribution in [0.5, 0.6) is 0 Å². The molecule has 0 aliphatic heterocycles. The molecule has 0 radical (unpaired) electrons. The Hall–Kier alpha value is -2.78. The second-order valence-corrected chi connectivity index (χ2v) is 5.15. The van der Waals surface area contributed by atoms with E-state index in [0.29, 0.717) is 11.4 Å². The van der Waals surface area contributed by atoms with Crippen molar-refractivity contribution in [3.05, 3.63) is 54.4 Å². The number of pyridine rings is 1. The van der Waals surface area contributed by atoms with Gasteiger partial charge in [0.25, 0.3) is 5.91 Å². The minimum atomic E-state index is -0.228. The van der Waals surface area contributed by atoms with E-state index in [1.54, 1.807) is 36.5 Å². The minimum absolute atomic E-state index is 0.228. The number of fused-ring (bicyclic) bond motifs is 1. The molecule has 2 aromatic heterocycles. The third kappa shape index (κ3) is 2.88. The quantitative estimate of drug-likeness (QED) is 0.573. The number of thioether (sulfide) groups is 1. The second-order valence-electron chi connectivity index (χ2n) is 4.29. The number of rotatable bonds is 3. The molecule has 0 aliphatic rings. The summed E-state index contributed by atoms with van der Waals surface area (Å²) in [5.74, 6) is -0.228. The van der Waals surface area contributed by atoms with Crippen molar-refractivity contribution in [2.45, 2.75) is 4.90 Å². The fourth-order valence-corrected chi connectivity index (χ4v) is 2.31. The molecule has 1 amide bonds. The number of carbonyl (C=O) groups is 1. The van der Waals surface area contributed by atoms with E-state index in [9.17, 15) is 4.79 Å². The average Bonchev–Trinajstić information content (AvgIpc) is 2.94. The van der Waals surface area contributed by atoms with Gasteiger partial charge in [0, 0.05) is 16.8 Å². The molecule has 2 N–H and O–H groups in total. The summed E-state index contributed by atoms with van der Waals surface area (Å²) in [5, 5.41) is 13.4. The Labute approximate surface area is 125 Å². The predicted molar refractivity (Wildman–Crippen MR) is 82.0 cm³/mol. The van der Waals surface area contributed by atoms with Gasteiger partial charge in [0.1, 0.15) is 11.1 Å². The van der Waals surface area contributed by atoms with Crippen molar-refractivity contribution < 1.29 is 4.79 Å². The molecule has 0 unspecified atom stereocenters. The van der Waals surface area contributed by atoms with Gasteiger partial charge >= 0.3 is 0 Å². The van der Waals surface area contributed by atoms with Crippen LogP contribution in [-0.4, -0.2) is 15.9 Å². The standard InChI is InChI=1S/C15H10N4OS/c16-9-21-11-5-3-10(4-6-11)18-15(20)14-8-13-12(19-14)2-1-7-17-13/h1-8,19H,(H,18,20). The van der Waals surface area contributed by atoms with Crippen LogP contribution in [0.25, 0.3) is 11.0 Å². The topological polar surface area (TPSA) is 81.6 Å². The Balaban J connectivity index is 1.78. The zero-order chi connectivity index (χ0) is 14.7. The molecule has 3 aromatic rings. The van der Waals surface area contributed by atoms with Crippen LogP contribution in [0.1, 0.15) is 10.5 Å². The van der Waals surface area contributed by atoms with E-state index < -0.39 is 0 Å². The van der Waals surface area contributed by atoms with Gasteiger partial charge in [-0.15, -0.1) is 0 Å². The summed E-state index contributed by atoms with van der Waals surface area (Å²) in [5.41, 5.74) is 2.71. The monoisotopic (exact) mass is 294 g/mol. The van der Waals surface area contributed by atoms with E-state index in [2.05, 4.69) is 15.3 Å². The third-order valence-electron chi connectivity index (χ3n) is 2.91. The number of anilines is 1. The van der Waals surface area contributed by atoms with Gasteiger partial charge < -0.3 is 10.3 Å². The molecule has 1 aromatic carbocycles. The van der Waals surface area contributed by atoms with Gasteiger partial charge in [-0.1, -0.05) is 0 Å². The van der Waals surface area contributed by atoms with Crippen molar-refractivity contribution in [1.29, 1.82) is 5.26 Å². The van der Waals surface area contributed by atoms with Crippen LogP contribution in [0, 0.1) is 10.7 Å². The molecule has 0 saturated carbocycles. The number of H-pyrrole nitrogens is 1. The summed E-state index contributed by atoms with van der Waals surface area (Å²) in [6, 6.07) is 12.5. The third-order valence-corrected chi connectivity index (χ3v) is 3.51. The second kappa shape index (κ2) is 5.69. The molecular weight excluding hydrogens is 284 g/mol. The SMILES string of the molecule is N#CSc1ccc(NC(=O)c2cc3ncccc3[nH]2)cc1. The first-order valence-corrected chi connectivity index (χ1v) is 6.99. The van der Waals surface area contributed by atoms with E-state index >= 15 is 0 Å². The van der Waals surface area contributed by atoms with Crippen LogP contribution in [0.15, 0.2) is 53.6 Å². The molecule has 0 saturated heterocycles. The molecule has 5 nitrogen and oxygen atoms in total. The Morgan fingerprint density at radius 1 is 1.29 bits per heavy atom. The van der Waals surface area contributed by atoms with E-state index in [4.69, 9.17) is 5.26 Å². The first-order chi connectivity index (χ1) is 10.3. The van der Waals surface area contributed by atoms with Crippen LogP contribution in [0.2, 0.25) is 0 Å². The van der Waals surface area contributed by atoms with Crippen LogP contribution < -0.4 is 5.32 Å². The lowest BCUT2D eigenvalue weighted by atomic mass is 10.3. The lowest BCUT2D eigenvalue weighted by Gasteiger charge is -2.03. The maximum atomic E-state index is 12.2. The van der Waals surface area contributed by atoms with Crippen molar-refractivity contribution in [2.24, 2.45) is 0 Å². The number of aromatic nitrogens is 2. The Morgan fingerprint density at radius 2 is 2.10 bits per heavy atom. The molecule has 0 spiro atoms. The highest BCUT2D eigenvalue weighted by Crippen LogP contribution is 2.20. The number of hydrogen-bond donors (Lipinski definition) is 2. The lowest BCUT2D eigenvalue weighted by molar-refractivity contribution is 0.102. The normalized spacial score (nSPS) is 10.2. The van der Waals surface area contributed by atoms with Crippen molar-refractivity contribution >= 4 is 34.4 Å². The number of thiocyanates is 1. The van der Waals surface area contributed by atoms with Gasteiger partial charge in [-0.3, -0.25) is 9.78 Å². The minimum Gasteiger partial charge on any atom is -0.349 e. The Bertz CT molecular complexity index is 800. The van der Waals surface area contributed by atoms with E-state index in [-0.39, 0.29) is 5.91 Å². The summed E-state index contributed by atoms with van der Waals surface area (Å²) >= 11 is 1.08. The van der Waals surface area contributed by atoms with Crippen LogP contribution >= 0.6 is 11.8 Å². The average molecular weight is 294 g/mol. The highest BCUT2D eigenvalue weighted by molar-refractivity contribution is 8.03. The first kappa shape index (κ1) is 13.2. The van der Waals surface area contributed by atoms with E-state index in [0.717, 1.165) is 27.7 Å². The number of carbonyl (C=O) groups excluding carboxylic acids is 1. The van der Waals surface area contributed by atoms with E-state index in [1.807, 2.05) is 17.5 Å². The fourth-order valence-electron chi connectivity index (χ4n) is 1.94. The summed E-state index contributed by atoms with van der Waals surface area (Å²) in [6.07, 6.45) is 1.68. The van der Waals surface area contributed by atoms with Crippen molar-refractivity contribution in [2.75, 3.05) is 5.32 Å². The number of amides is 1. The Morgan fingerprint density at radius 3 is 2.81 bits per heavy atom. The molecule has 0 aliphatic carbocycles. The largest absolute Gasteiger partial charge is 0.349 e. The number of nitrogens with one attached hydrogen (secondary N) is 2. The zero-order valence-electron chi connectivity index (χ0n) is 10.8. The molecule has 0 fully saturated rings. The summed E-state index contributed by atoms with van der Waals surface area (Å²) in [4.78, 5) is 20.2. The lowest BCUT2D eigenvalue weighted by Crippen LogP contribution is -2.11. The first-order valence-electron chi connectivity index (χ1n) is 6.17. The molecule has 0 atom stereocenters. The highest BCUT2D eigenvalue weighted by Gasteiger charge is 2.10. The number of benzene rings is 1. The van der Waals surface area contributed by atoms with Gasteiger partial charge in [0.05, 0.1) is 11.0 Å². The van der Waals surface area contributed by atoms with Crippen molar-refractivity contribution in [3.8, 4) is 5.40 Å². The number of nitrogens with zero attached hydrogens (tertiary/aromatic N) is 2. The van der Waals surface area contributed by atoms with E-state index in [1.165, 1.54) is 0 Å². The number of hydrogen-bond acceptors (Lipinski definition) is 4. The summed E-state index contributed by atoms with van der Waals surface area (Å²) in [6.45, 7) is 0. The molecule has 6 heteroatoms. The smallest absolute Gasteiger partial charge is 0.272 e. The number of nitriles is 1. The van der Waals surface area contributed by atoms with Crippen LogP contribution in [0.3, 0.4) is 0 Å². The fraction of sp³-hybridized carbons (Fsp3) is 0. The van der Waals surface area contributed by atoms with Gasteiger partial charge in [-0.2, -0.15) is 5.26 Å². The summed E-state index contributed by atoms with van der Waals surface area (Å²) < 4.78 is 0. The van der Waals surface area contributed by atoms with Gasteiger partial charge in [0.15, 0.2) is 0 Å². The number of aromatic amines is 1. The molecular formula is C15H10N4OS. The maximum absolute atomic E-state index is 12.2. The molecule has 0 bridgehead atoms. The summed E-state index contributed by atoms with van der Waals surface area (Å²) in [7, 11) is 0. The predicted octanol–water partition coefficient (Wildman–Crippen LogP) is 3.39. The highest BCUT2D eigenvalue weighted by atomic mass is 32.2. The molecule has 102 valence electrons. The van der Waals surface area contributed by atoms with Crippen LogP contribution in [-0.2, 0) is 0 Å². The van der Waals surface area contributed by atoms with Gasteiger partial charge in [-0.05, 0) is 54.2 Å². The maximum Gasteiger partial charge on any atom is 0.272 e. The molecule has 3 rings (SSSR count). The van der Waals surface area contributed by atoms with Crippen molar-refractivity contribution in [1.82, 2.24) is 9.97 Å². The van der Waals surface area contributed by atoms with Gasteiger partial charge in [0.2, 0.25) is 0 Å². The van der Waals surface area contributed by atoms with Crippen molar-refractivity contribution in [3.63, 3.8) is 0 Å². The Kier molecular flexibility index (Phi) is 3.58. The molecule has 21 heavy (non-hydrogen) atoms. The molecule has 2 heterocycles. The van der Waals surface area contributed by atoms with Gasteiger partial charge in [-0.25, -0.2) is 0 Å².